The summed E-state index contributed by atoms with van der Waals surface area (Å²) in [7, 11) is 0. The maximum Gasteiger partial charge on any atom is 0.243 e. The summed E-state index contributed by atoms with van der Waals surface area (Å²) in [5.74, 6) is 0. The first-order chi connectivity index (χ1) is 11.4. The van der Waals surface area contributed by atoms with E-state index >= 15 is 0 Å². The van der Waals surface area contributed by atoms with Gasteiger partial charge in [-0.1, -0.05) is 36.0 Å². The smallest absolute Gasteiger partial charge is 0.243 e. The summed E-state index contributed by atoms with van der Waals surface area (Å²) in [5, 5.41) is 3.74. The third-order valence-corrected chi connectivity index (χ3v) is 5.30. The minimum Gasteiger partial charge on any atom is -0.349 e. The van der Waals surface area contributed by atoms with Crippen molar-refractivity contribution in [3.05, 3.63) is 69.7 Å². The second-order valence-corrected chi connectivity index (χ2v) is 7.82. The Morgan fingerprint density at radius 1 is 1.17 bits per heavy atom. The van der Waals surface area contributed by atoms with Crippen molar-refractivity contribution in [1.82, 2.24) is 10.2 Å². The lowest BCUT2D eigenvalue weighted by Gasteiger charge is -2.30. The number of thiocarbonyl (C=S) groups is 1. The molecule has 2 heterocycles. The van der Waals surface area contributed by atoms with Gasteiger partial charge in [-0.25, -0.2) is 0 Å². The molecular weight excluding hydrogens is 360 g/mol. The third-order valence-electron chi connectivity index (χ3n) is 4.02. The van der Waals surface area contributed by atoms with Gasteiger partial charge in [0.05, 0.1) is 0 Å². The van der Waals surface area contributed by atoms with Gasteiger partial charge in [-0.2, -0.15) is 0 Å². The first-order valence-corrected chi connectivity index (χ1v) is 9.20. The Bertz CT molecular complexity index is 772. The van der Waals surface area contributed by atoms with E-state index in [-0.39, 0.29) is 5.12 Å². The largest absolute Gasteiger partial charge is 0.349 e. The summed E-state index contributed by atoms with van der Waals surface area (Å²) in [6, 6.07) is 7.94. The molecular formula is C18H17ClN2OS2. The molecule has 0 radical (unpaired) electrons. The molecule has 0 saturated carbocycles. The molecule has 3 rings (SSSR count). The molecule has 1 N–H and O–H groups in total. The van der Waals surface area contributed by atoms with Crippen LogP contribution in [0.5, 0.6) is 0 Å². The average molecular weight is 377 g/mol. The van der Waals surface area contributed by atoms with E-state index in [4.69, 9.17) is 23.8 Å². The number of hydrogen-bond donors (Lipinski definition) is 1. The van der Waals surface area contributed by atoms with Gasteiger partial charge in [-0.15, -0.1) is 0 Å². The molecule has 2 aliphatic rings. The van der Waals surface area contributed by atoms with E-state index in [1.54, 1.807) is 0 Å². The molecule has 1 saturated heterocycles. The fourth-order valence-corrected chi connectivity index (χ4v) is 3.87. The van der Waals surface area contributed by atoms with E-state index in [9.17, 15) is 4.79 Å². The Labute approximate surface area is 156 Å². The number of carbonyl (C=O) groups excluding carboxylic acids is 1. The van der Waals surface area contributed by atoms with Crippen molar-refractivity contribution in [2.75, 3.05) is 6.54 Å². The Morgan fingerprint density at radius 2 is 1.79 bits per heavy atom. The average Bonchev–Trinajstić information content (AvgIpc) is 2.86. The Hall–Kier alpha value is -1.56. The van der Waals surface area contributed by atoms with Gasteiger partial charge in [0.25, 0.3) is 0 Å². The molecule has 0 bridgehead atoms. The van der Waals surface area contributed by atoms with Crippen LogP contribution in [-0.4, -0.2) is 20.9 Å². The van der Waals surface area contributed by atoms with E-state index in [0.29, 0.717) is 10.0 Å². The number of hydrogen-bond acceptors (Lipinski definition) is 4. The van der Waals surface area contributed by atoms with E-state index in [2.05, 4.69) is 36.2 Å². The summed E-state index contributed by atoms with van der Waals surface area (Å²) >= 11 is 12.1. The number of nitrogens with zero attached hydrogens (tertiary/aromatic N) is 1. The lowest BCUT2D eigenvalue weighted by atomic mass is 10.0. The lowest BCUT2D eigenvalue weighted by Crippen LogP contribution is -2.25. The highest BCUT2D eigenvalue weighted by molar-refractivity contribution is 8.33. The normalized spacial score (nSPS) is 17.9. The SMILES string of the molecule is CC1=CC(=C2NC(=S)SC2=O)C=C(C)N1CCc1ccc(Cl)cc1. The third kappa shape index (κ3) is 3.74. The molecule has 0 spiro atoms. The van der Waals surface area contributed by atoms with Gasteiger partial charge < -0.3 is 10.2 Å². The molecule has 124 valence electrons. The van der Waals surface area contributed by atoms with Crippen LogP contribution in [0, 0.1) is 0 Å². The second kappa shape index (κ2) is 7.13. The van der Waals surface area contributed by atoms with Crippen LogP contribution in [0.2, 0.25) is 5.02 Å². The summed E-state index contributed by atoms with van der Waals surface area (Å²) in [6.07, 6.45) is 4.99. The van der Waals surface area contributed by atoms with Crippen LogP contribution < -0.4 is 5.32 Å². The van der Waals surface area contributed by atoms with Crippen molar-refractivity contribution >= 4 is 45.0 Å². The molecule has 0 aromatic heterocycles. The second-order valence-electron chi connectivity index (χ2n) is 5.73. The quantitative estimate of drug-likeness (QED) is 0.624. The van der Waals surface area contributed by atoms with Gasteiger partial charge in [0.1, 0.15) is 10.0 Å². The van der Waals surface area contributed by atoms with Gasteiger partial charge in [-0.3, -0.25) is 4.79 Å². The Balaban J connectivity index is 1.76. The van der Waals surface area contributed by atoms with E-state index in [1.165, 1.54) is 5.56 Å². The van der Waals surface area contributed by atoms with E-state index in [0.717, 1.165) is 46.7 Å². The molecule has 6 heteroatoms. The number of thioether (sulfide) groups is 1. The molecule has 0 atom stereocenters. The number of allylic oxidation sites excluding steroid dienone is 5. The fourth-order valence-electron chi connectivity index (χ4n) is 2.82. The van der Waals surface area contributed by atoms with E-state index in [1.807, 2.05) is 24.3 Å². The van der Waals surface area contributed by atoms with E-state index < -0.39 is 0 Å². The molecule has 0 unspecified atom stereocenters. The molecule has 3 nitrogen and oxygen atoms in total. The maximum absolute atomic E-state index is 12.0. The molecule has 0 amide bonds. The van der Waals surface area contributed by atoms with Gasteiger partial charge in [-0.05, 0) is 61.9 Å². The molecule has 2 aliphatic heterocycles. The monoisotopic (exact) mass is 376 g/mol. The zero-order chi connectivity index (χ0) is 17.3. The van der Waals surface area contributed by atoms with Crippen LogP contribution in [0.3, 0.4) is 0 Å². The van der Waals surface area contributed by atoms with Gasteiger partial charge in [0.15, 0.2) is 0 Å². The standard InChI is InChI=1S/C18H17ClN2OS2/c1-11-9-14(16-17(22)24-18(23)20-16)10-12(2)21(11)8-7-13-3-5-15(19)6-4-13/h3-6,9-10H,7-8H2,1-2H3,(H,20,23). The topological polar surface area (TPSA) is 32.3 Å². The van der Waals surface area contributed by atoms with Crippen molar-refractivity contribution in [1.29, 1.82) is 0 Å². The van der Waals surface area contributed by atoms with Crippen molar-refractivity contribution in [3.8, 4) is 0 Å². The zero-order valence-electron chi connectivity index (χ0n) is 13.4. The highest BCUT2D eigenvalue weighted by atomic mass is 35.5. The molecule has 24 heavy (non-hydrogen) atoms. The molecule has 1 aromatic carbocycles. The van der Waals surface area contributed by atoms with Gasteiger partial charge in [0.2, 0.25) is 5.12 Å². The number of halogens is 1. The summed E-state index contributed by atoms with van der Waals surface area (Å²) in [5.41, 5.74) is 4.96. The Kier molecular flexibility index (Phi) is 5.13. The number of nitrogens with one attached hydrogen (secondary N) is 1. The minimum absolute atomic E-state index is 0.0160. The lowest BCUT2D eigenvalue weighted by molar-refractivity contribution is -0.107. The maximum atomic E-state index is 12.0. The highest BCUT2D eigenvalue weighted by Gasteiger charge is 2.26. The van der Waals surface area contributed by atoms with Crippen molar-refractivity contribution in [2.45, 2.75) is 20.3 Å². The van der Waals surface area contributed by atoms with Crippen molar-refractivity contribution in [3.63, 3.8) is 0 Å². The molecule has 1 aromatic rings. The van der Waals surface area contributed by atoms with Crippen LogP contribution in [0.1, 0.15) is 19.4 Å². The highest BCUT2D eigenvalue weighted by Crippen LogP contribution is 2.29. The fraction of sp³-hybridized carbons (Fsp3) is 0.222. The van der Waals surface area contributed by atoms with Crippen LogP contribution in [0.25, 0.3) is 0 Å². The number of rotatable bonds is 3. The predicted octanol–water partition coefficient (Wildman–Crippen LogP) is 4.41. The Morgan fingerprint density at radius 3 is 2.33 bits per heavy atom. The van der Waals surface area contributed by atoms with Gasteiger partial charge in [0, 0.05) is 28.5 Å². The molecule has 1 fully saturated rings. The first-order valence-electron chi connectivity index (χ1n) is 7.60. The van der Waals surface area contributed by atoms with Crippen LogP contribution in [-0.2, 0) is 11.2 Å². The number of carbonyl (C=O) groups is 1. The van der Waals surface area contributed by atoms with Crippen molar-refractivity contribution < 1.29 is 4.79 Å². The zero-order valence-corrected chi connectivity index (χ0v) is 15.8. The van der Waals surface area contributed by atoms with Crippen LogP contribution >= 0.6 is 35.6 Å². The van der Waals surface area contributed by atoms with Crippen molar-refractivity contribution in [2.24, 2.45) is 0 Å². The van der Waals surface area contributed by atoms with Crippen LogP contribution in [0.15, 0.2) is 59.1 Å². The summed E-state index contributed by atoms with van der Waals surface area (Å²) in [6.45, 7) is 5.00. The number of benzene rings is 1. The predicted molar refractivity (Wildman–Crippen MR) is 105 cm³/mol. The van der Waals surface area contributed by atoms with Gasteiger partial charge >= 0.3 is 0 Å². The first kappa shape index (κ1) is 17.3. The minimum atomic E-state index is -0.0160. The summed E-state index contributed by atoms with van der Waals surface area (Å²) < 4.78 is 0.518. The summed E-state index contributed by atoms with van der Waals surface area (Å²) in [4.78, 5) is 14.2. The van der Waals surface area contributed by atoms with Crippen LogP contribution in [0.4, 0.5) is 0 Å². The molecule has 0 aliphatic carbocycles.